The molecule has 2 aromatic rings. The number of nitrogens with zero attached hydrogens (tertiary/aromatic N) is 1. The molecule has 1 aliphatic carbocycles. The summed E-state index contributed by atoms with van der Waals surface area (Å²) in [5.74, 6) is 1.17. The smallest absolute Gasteiger partial charge is 0.191 e. The van der Waals surface area contributed by atoms with E-state index in [1.54, 1.807) is 13.1 Å². The van der Waals surface area contributed by atoms with E-state index in [9.17, 15) is 8.42 Å². The molecular weight excluding hydrogens is 382 g/mol. The van der Waals surface area contributed by atoms with Crippen LogP contribution in [0.1, 0.15) is 29.0 Å². The number of sulfone groups is 1. The van der Waals surface area contributed by atoms with Crippen molar-refractivity contribution in [3.05, 3.63) is 64.2 Å². The molecule has 0 radical (unpaired) electrons. The lowest BCUT2D eigenvalue weighted by Gasteiger charge is -2.13. The highest BCUT2D eigenvalue weighted by atomic mass is 35.5. The Morgan fingerprint density at radius 1 is 1.26 bits per heavy atom. The minimum atomic E-state index is -3.20. The van der Waals surface area contributed by atoms with E-state index in [4.69, 9.17) is 11.6 Å². The van der Waals surface area contributed by atoms with E-state index in [2.05, 4.69) is 21.7 Å². The summed E-state index contributed by atoms with van der Waals surface area (Å²) in [6, 6.07) is 13.7. The van der Waals surface area contributed by atoms with Gasteiger partial charge in [0.1, 0.15) is 0 Å². The van der Waals surface area contributed by atoms with Crippen LogP contribution in [0, 0.1) is 6.92 Å². The van der Waals surface area contributed by atoms with Gasteiger partial charge >= 0.3 is 0 Å². The maximum Gasteiger partial charge on any atom is 0.191 e. The second-order valence-electron chi connectivity index (χ2n) is 6.95. The van der Waals surface area contributed by atoms with Crippen molar-refractivity contribution in [3.63, 3.8) is 0 Å². The van der Waals surface area contributed by atoms with E-state index in [1.807, 2.05) is 37.3 Å². The summed E-state index contributed by atoms with van der Waals surface area (Å²) < 4.78 is 23.4. The third kappa shape index (κ3) is 5.02. The van der Waals surface area contributed by atoms with Gasteiger partial charge in [-0.05, 0) is 48.2 Å². The molecule has 144 valence electrons. The van der Waals surface area contributed by atoms with Gasteiger partial charge in [-0.1, -0.05) is 35.9 Å². The van der Waals surface area contributed by atoms with Gasteiger partial charge < -0.3 is 10.6 Å². The molecule has 2 atom stereocenters. The summed E-state index contributed by atoms with van der Waals surface area (Å²) >= 11 is 6.07. The van der Waals surface area contributed by atoms with Gasteiger partial charge in [0.15, 0.2) is 15.8 Å². The number of halogens is 1. The predicted molar refractivity (Wildman–Crippen MR) is 110 cm³/mol. The molecule has 2 unspecified atom stereocenters. The van der Waals surface area contributed by atoms with Crippen LogP contribution in [-0.4, -0.2) is 33.7 Å². The monoisotopic (exact) mass is 405 g/mol. The van der Waals surface area contributed by atoms with Crippen LogP contribution in [0.5, 0.6) is 0 Å². The lowest BCUT2D eigenvalue weighted by Crippen LogP contribution is -2.38. The Balaban J connectivity index is 1.57. The predicted octanol–water partition coefficient (Wildman–Crippen LogP) is 3.27. The molecule has 5 nitrogen and oxygen atoms in total. The van der Waals surface area contributed by atoms with E-state index in [-0.39, 0.29) is 0 Å². The Morgan fingerprint density at radius 2 is 2.04 bits per heavy atom. The molecule has 0 spiro atoms. The second kappa shape index (κ2) is 7.90. The zero-order chi connectivity index (χ0) is 19.6. The zero-order valence-corrected chi connectivity index (χ0v) is 17.2. The largest absolute Gasteiger partial charge is 0.353 e. The zero-order valence-electron chi connectivity index (χ0n) is 15.7. The Kier molecular flexibility index (Phi) is 5.77. The molecule has 1 aliphatic rings. The van der Waals surface area contributed by atoms with Crippen molar-refractivity contribution < 1.29 is 8.42 Å². The van der Waals surface area contributed by atoms with Gasteiger partial charge in [-0.3, -0.25) is 4.99 Å². The average molecular weight is 406 g/mol. The van der Waals surface area contributed by atoms with Crippen molar-refractivity contribution in [1.29, 1.82) is 0 Å². The Labute approximate surface area is 165 Å². The number of benzene rings is 2. The van der Waals surface area contributed by atoms with Gasteiger partial charge in [-0.15, -0.1) is 0 Å². The Morgan fingerprint density at radius 3 is 2.67 bits per heavy atom. The lowest BCUT2D eigenvalue weighted by atomic mass is 10.1. The lowest BCUT2D eigenvalue weighted by molar-refractivity contribution is 0.601. The number of nitrogens with one attached hydrogen (secondary N) is 2. The molecule has 1 fully saturated rings. The number of aryl methyl sites for hydroxylation is 1. The summed E-state index contributed by atoms with van der Waals surface area (Å²) in [5, 5.41) is 7.48. The second-order valence-corrected chi connectivity index (χ2v) is 9.37. The molecule has 0 heterocycles. The summed E-state index contributed by atoms with van der Waals surface area (Å²) in [4.78, 5) is 4.65. The van der Waals surface area contributed by atoms with Gasteiger partial charge in [0.05, 0.1) is 4.90 Å². The molecule has 2 N–H and O–H groups in total. The number of rotatable bonds is 5. The van der Waals surface area contributed by atoms with Crippen LogP contribution >= 0.6 is 11.6 Å². The third-order valence-corrected chi connectivity index (χ3v) is 6.20. The van der Waals surface area contributed by atoms with Gasteiger partial charge in [-0.2, -0.15) is 0 Å². The van der Waals surface area contributed by atoms with Crippen molar-refractivity contribution in [2.24, 2.45) is 4.99 Å². The fourth-order valence-electron chi connectivity index (χ4n) is 3.25. The van der Waals surface area contributed by atoms with Crippen LogP contribution in [-0.2, 0) is 16.4 Å². The van der Waals surface area contributed by atoms with Gasteiger partial charge in [0.25, 0.3) is 0 Å². The van der Waals surface area contributed by atoms with Crippen LogP contribution in [0.4, 0.5) is 0 Å². The molecular formula is C20H24ClN3O2S. The maximum absolute atomic E-state index is 11.7. The minimum absolute atomic E-state index is 0.337. The van der Waals surface area contributed by atoms with Gasteiger partial charge in [0.2, 0.25) is 0 Å². The van der Waals surface area contributed by atoms with Crippen molar-refractivity contribution in [1.82, 2.24) is 10.6 Å². The van der Waals surface area contributed by atoms with Crippen molar-refractivity contribution in [2.45, 2.75) is 36.7 Å². The van der Waals surface area contributed by atoms with Gasteiger partial charge in [-0.25, -0.2) is 8.42 Å². The highest BCUT2D eigenvalue weighted by molar-refractivity contribution is 7.90. The molecule has 0 aromatic heterocycles. The van der Waals surface area contributed by atoms with E-state index in [0.29, 0.717) is 23.4 Å². The molecule has 0 bridgehead atoms. The highest BCUT2D eigenvalue weighted by Gasteiger charge is 2.39. The maximum atomic E-state index is 11.7. The number of guanidine groups is 1. The van der Waals surface area contributed by atoms with Crippen LogP contribution < -0.4 is 10.6 Å². The number of aliphatic imine (C=N–C) groups is 1. The Bertz CT molecular complexity index is 973. The molecule has 1 saturated carbocycles. The first kappa shape index (κ1) is 19.7. The molecule has 0 aliphatic heterocycles. The molecule has 27 heavy (non-hydrogen) atoms. The number of hydrogen-bond donors (Lipinski definition) is 2. The van der Waals surface area contributed by atoms with Crippen LogP contribution in [0.15, 0.2) is 52.4 Å². The first-order chi connectivity index (χ1) is 12.8. The average Bonchev–Trinajstić information content (AvgIpc) is 3.36. The van der Waals surface area contributed by atoms with Gasteiger partial charge in [0, 0.05) is 36.8 Å². The topological polar surface area (TPSA) is 70.6 Å². The van der Waals surface area contributed by atoms with Crippen molar-refractivity contribution in [2.75, 3.05) is 13.3 Å². The highest BCUT2D eigenvalue weighted by Crippen LogP contribution is 2.41. The molecule has 7 heteroatoms. The summed E-state index contributed by atoms with van der Waals surface area (Å²) in [6.45, 7) is 2.38. The van der Waals surface area contributed by atoms with Crippen molar-refractivity contribution >= 4 is 27.4 Å². The van der Waals surface area contributed by atoms with E-state index < -0.39 is 9.84 Å². The van der Waals surface area contributed by atoms with E-state index >= 15 is 0 Å². The fraction of sp³-hybridized carbons (Fsp3) is 0.350. The molecule has 2 aromatic carbocycles. The summed E-state index contributed by atoms with van der Waals surface area (Å²) in [6.07, 6.45) is 2.27. The van der Waals surface area contributed by atoms with Crippen LogP contribution in [0.3, 0.4) is 0 Å². The summed E-state index contributed by atoms with van der Waals surface area (Å²) in [5.41, 5.74) is 3.00. The molecule has 0 saturated heterocycles. The first-order valence-corrected chi connectivity index (χ1v) is 11.1. The molecule has 0 amide bonds. The van der Waals surface area contributed by atoms with E-state index in [1.165, 1.54) is 11.8 Å². The van der Waals surface area contributed by atoms with Crippen LogP contribution in [0.2, 0.25) is 5.02 Å². The minimum Gasteiger partial charge on any atom is -0.353 e. The normalized spacial score (nSPS) is 19.6. The molecule has 3 rings (SSSR count). The SMILES string of the molecule is CN=C(NCc1ccc(S(C)(=O)=O)c(C)c1)NC1CC1c1cccc(Cl)c1. The standard InChI is InChI=1S/C20H24ClN3O2S/c1-13-9-14(7-8-19(13)27(3,25)26)12-23-20(22-2)24-18-11-17(18)15-5-4-6-16(21)10-15/h4-10,17-18H,11-12H2,1-3H3,(H2,22,23,24). The Hall–Kier alpha value is -2.05. The quantitative estimate of drug-likeness (QED) is 0.591. The fourth-order valence-corrected chi connectivity index (χ4v) is 4.41. The first-order valence-electron chi connectivity index (χ1n) is 8.80. The van der Waals surface area contributed by atoms with Crippen LogP contribution in [0.25, 0.3) is 0 Å². The van der Waals surface area contributed by atoms with Crippen molar-refractivity contribution in [3.8, 4) is 0 Å². The third-order valence-electron chi connectivity index (χ3n) is 4.71. The van der Waals surface area contributed by atoms with E-state index in [0.717, 1.165) is 28.5 Å². The summed E-state index contributed by atoms with van der Waals surface area (Å²) in [7, 11) is -1.46. The number of hydrogen-bond acceptors (Lipinski definition) is 3.